The van der Waals surface area contributed by atoms with E-state index in [1.807, 2.05) is 0 Å². The van der Waals surface area contributed by atoms with Gasteiger partial charge < -0.3 is 9.88 Å². The molecule has 1 aromatic rings. The van der Waals surface area contributed by atoms with E-state index < -0.39 is 10.0 Å². The zero-order valence-electron chi connectivity index (χ0n) is 9.40. The topological polar surface area (TPSA) is 93.1 Å². The van der Waals surface area contributed by atoms with E-state index in [2.05, 4.69) is 15.0 Å². The number of halogens is 1. The van der Waals surface area contributed by atoms with Crippen molar-refractivity contribution in [3.63, 3.8) is 0 Å². The first-order chi connectivity index (χ1) is 7.84. The van der Waals surface area contributed by atoms with Crippen LogP contribution in [0.1, 0.15) is 6.92 Å². The summed E-state index contributed by atoms with van der Waals surface area (Å²) < 4.78 is 27.1. The first kappa shape index (κ1) is 13.9. The van der Waals surface area contributed by atoms with Gasteiger partial charge in [-0.3, -0.25) is 4.79 Å². The van der Waals surface area contributed by atoms with Gasteiger partial charge in [-0.15, -0.1) is 0 Å². The number of hydrogen-bond donors (Lipinski definition) is 2. The zero-order chi connectivity index (χ0) is 13.1. The van der Waals surface area contributed by atoms with E-state index in [4.69, 9.17) is 11.6 Å². The van der Waals surface area contributed by atoms with Crippen LogP contribution in [0.3, 0.4) is 0 Å². The predicted octanol–water partition coefficient (Wildman–Crippen LogP) is -0.512. The van der Waals surface area contributed by atoms with Crippen molar-refractivity contribution in [1.29, 1.82) is 0 Å². The van der Waals surface area contributed by atoms with Crippen LogP contribution in [0.15, 0.2) is 11.4 Å². The Bertz CT molecular complexity index is 511. The molecule has 0 saturated heterocycles. The van der Waals surface area contributed by atoms with Gasteiger partial charge in [0.2, 0.25) is 10.9 Å². The molecule has 0 atom stereocenters. The molecule has 0 aliphatic heterocycles. The van der Waals surface area contributed by atoms with Crippen molar-refractivity contribution in [2.24, 2.45) is 7.05 Å². The van der Waals surface area contributed by atoms with Crippen LogP contribution in [0.5, 0.6) is 0 Å². The number of aryl methyl sites for hydroxylation is 1. The van der Waals surface area contributed by atoms with Crippen molar-refractivity contribution < 1.29 is 13.2 Å². The normalized spacial score (nSPS) is 11.5. The highest BCUT2D eigenvalue weighted by atomic mass is 35.5. The second-order valence-electron chi connectivity index (χ2n) is 3.33. The Balaban J connectivity index is 2.64. The van der Waals surface area contributed by atoms with E-state index in [0.29, 0.717) is 0 Å². The number of carbonyl (C=O) groups excluding carboxylic acids is 1. The molecule has 17 heavy (non-hydrogen) atoms. The first-order valence-corrected chi connectivity index (χ1v) is 6.61. The van der Waals surface area contributed by atoms with Crippen molar-refractivity contribution in [2.75, 3.05) is 13.1 Å². The molecule has 0 aliphatic rings. The van der Waals surface area contributed by atoms with Crippen LogP contribution in [-0.2, 0) is 21.9 Å². The van der Waals surface area contributed by atoms with E-state index in [9.17, 15) is 13.2 Å². The molecular weight excluding hydrogens is 268 g/mol. The third-order valence-corrected chi connectivity index (χ3v) is 3.83. The minimum Gasteiger partial charge on any atom is -0.355 e. The van der Waals surface area contributed by atoms with Gasteiger partial charge >= 0.3 is 0 Å². The quantitative estimate of drug-likeness (QED) is 0.710. The predicted molar refractivity (Wildman–Crippen MR) is 62.1 cm³/mol. The molecule has 1 rings (SSSR count). The molecule has 7 nitrogen and oxygen atoms in total. The monoisotopic (exact) mass is 280 g/mol. The lowest BCUT2D eigenvalue weighted by Gasteiger charge is -2.05. The molecule has 1 heterocycles. The summed E-state index contributed by atoms with van der Waals surface area (Å²) in [4.78, 5) is 14.3. The summed E-state index contributed by atoms with van der Waals surface area (Å²) in [5.41, 5.74) is 0. The largest absolute Gasteiger partial charge is 0.355 e. The second kappa shape index (κ2) is 5.48. The van der Waals surface area contributed by atoms with E-state index in [0.717, 1.165) is 0 Å². The fourth-order valence-corrected chi connectivity index (χ4v) is 2.52. The summed E-state index contributed by atoms with van der Waals surface area (Å²) in [7, 11) is -2.14. The molecule has 0 spiro atoms. The Labute approximate surface area is 104 Å². The highest BCUT2D eigenvalue weighted by Crippen LogP contribution is 2.17. The van der Waals surface area contributed by atoms with Gasteiger partial charge in [-0.05, 0) is 0 Å². The summed E-state index contributed by atoms with van der Waals surface area (Å²) in [6.45, 7) is 1.64. The maximum absolute atomic E-state index is 11.7. The van der Waals surface area contributed by atoms with Gasteiger partial charge in [0, 0.05) is 27.1 Å². The Kier molecular flexibility index (Phi) is 4.49. The minimum atomic E-state index is -3.73. The average molecular weight is 281 g/mol. The van der Waals surface area contributed by atoms with Crippen LogP contribution in [0.2, 0.25) is 5.15 Å². The van der Waals surface area contributed by atoms with Gasteiger partial charge in [0.1, 0.15) is 5.15 Å². The van der Waals surface area contributed by atoms with Crippen LogP contribution in [0.25, 0.3) is 0 Å². The number of rotatable bonds is 5. The number of imidazole rings is 1. The SMILES string of the molecule is CC(=O)NCCNS(=O)(=O)c1ncn(C)c1Cl. The molecule has 96 valence electrons. The van der Waals surface area contributed by atoms with Gasteiger partial charge in [0.25, 0.3) is 10.0 Å². The van der Waals surface area contributed by atoms with E-state index >= 15 is 0 Å². The second-order valence-corrected chi connectivity index (χ2v) is 5.37. The summed E-state index contributed by atoms with van der Waals surface area (Å²) >= 11 is 5.77. The van der Waals surface area contributed by atoms with Gasteiger partial charge in [0.05, 0.1) is 6.33 Å². The summed E-state index contributed by atoms with van der Waals surface area (Å²) in [6, 6.07) is 0. The van der Waals surface area contributed by atoms with Gasteiger partial charge in [-0.1, -0.05) is 11.6 Å². The summed E-state index contributed by atoms with van der Waals surface area (Å²) in [5, 5.41) is 2.29. The van der Waals surface area contributed by atoms with E-state index in [-0.39, 0.29) is 29.2 Å². The Morgan fingerprint density at radius 1 is 1.53 bits per heavy atom. The first-order valence-electron chi connectivity index (χ1n) is 4.75. The Morgan fingerprint density at radius 2 is 2.18 bits per heavy atom. The van der Waals surface area contributed by atoms with Gasteiger partial charge in [0.15, 0.2) is 0 Å². The lowest BCUT2D eigenvalue weighted by Crippen LogP contribution is -2.33. The van der Waals surface area contributed by atoms with Crippen LogP contribution < -0.4 is 10.0 Å². The number of nitrogens with one attached hydrogen (secondary N) is 2. The van der Waals surface area contributed by atoms with Crippen molar-refractivity contribution in [1.82, 2.24) is 19.6 Å². The minimum absolute atomic E-state index is 0.0389. The molecule has 0 aromatic carbocycles. The van der Waals surface area contributed by atoms with E-state index in [1.165, 1.54) is 17.8 Å². The summed E-state index contributed by atoms with van der Waals surface area (Å²) in [6.07, 6.45) is 1.31. The lowest BCUT2D eigenvalue weighted by molar-refractivity contribution is -0.118. The van der Waals surface area contributed by atoms with Gasteiger partial charge in [-0.25, -0.2) is 18.1 Å². The number of nitrogens with zero attached hydrogens (tertiary/aromatic N) is 2. The Morgan fingerprint density at radius 3 is 2.65 bits per heavy atom. The lowest BCUT2D eigenvalue weighted by atomic mass is 10.6. The van der Waals surface area contributed by atoms with Crippen LogP contribution >= 0.6 is 11.6 Å². The highest BCUT2D eigenvalue weighted by Gasteiger charge is 2.21. The molecule has 0 aliphatic carbocycles. The molecule has 0 fully saturated rings. The zero-order valence-corrected chi connectivity index (χ0v) is 11.0. The highest BCUT2D eigenvalue weighted by molar-refractivity contribution is 7.89. The van der Waals surface area contributed by atoms with E-state index in [1.54, 1.807) is 7.05 Å². The number of hydrogen-bond acceptors (Lipinski definition) is 4. The fourth-order valence-electron chi connectivity index (χ4n) is 1.07. The maximum Gasteiger partial charge on any atom is 0.261 e. The molecule has 9 heteroatoms. The Hall–Kier alpha value is -1.12. The molecular formula is C8H13ClN4O3S. The molecule has 0 unspecified atom stereocenters. The van der Waals surface area contributed by atoms with Crippen molar-refractivity contribution in [2.45, 2.75) is 11.9 Å². The summed E-state index contributed by atoms with van der Waals surface area (Å²) in [5.74, 6) is -0.222. The third-order valence-electron chi connectivity index (χ3n) is 1.88. The number of sulfonamides is 1. The molecule has 0 radical (unpaired) electrons. The number of aromatic nitrogens is 2. The molecule has 0 bridgehead atoms. The number of amides is 1. The third kappa shape index (κ3) is 3.69. The number of carbonyl (C=O) groups is 1. The van der Waals surface area contributed by atoms with Crippen LogP contribution in [0, 0.1) is 0 Å². The molecule has 1 aromatic heterocycles. The van der Waals surface area contributed by atoms with Crippen LogP contribution in [-0.4, -0.2) is 37.0 Å². The van der Waals surface area contributed by atoms with Crippen molar-refractivity contribution >= 4 is 27.5 Å². The maximum atomic E-state index is 11.7. The fraction of sp³-hybridized carbons (Fsp3) is 0.500. The van der Waals surface area contributed by atoms with Crippen LogP contribution in [0.4, 0.5) is 0 Å². The molecule has 1 amide bonds. The average Bonchev–Trinajstić information content (AvgIpc) is 2.55. The molecule has 2 N–H and O–H groups in total. The smallest absolute Gasteiger partial charge is 0.261 e. The molecule has 0 saturated carbocycles. The van der Waals surface area contributed by atoms with Gasteiger partial charge in [-0.2, -0.15) is 0 Å². The van der Waals surface area contributed by atoms with Crippen molar-refractivity contribution in [3.05, 3.63) is 11.5 Å². The van der Waals surface area contributed by atoms with Crippen molar-refractivity contribution in [3.8, 4) is 0 Å². The standard InChI is InChI=1S/C8H13ClN4O3S/c1-6(14)10-3-4-12-17(15,16)8-7(9)13(2)5-11-8/h5,12H,3-4H2,1-2H3,(H,10,14).